The number of phenols is 1. The van der Waals surface area contributed by atoms with Crippen molar-refractivity contribution in [1.29, 1.82) is 0 Å². The van der Waals surface area contributed by atoms with E-state index in [0.29, 0.717) is 40.1 Å². The van der Waals surface area contributed by atoms with E-state index < -0.39 is 0 Å². The molecule has 2 heterocycles. The van der Waals surface area contributed by atoms with Gasteiger partial charge < -0.3 is 14.3 Å². The quantitative estimate of drug-likeness (QED) is 0.679. The first-order chi connectivity index (χ1) is 11.6. The average Bonchev–Trinajstić information content (AvgIpc) is 3.17. The molecular formula is C16H17N3O4S. The maximum atomic E-state index is 11.7. The van der Waals surface area contributed by atoms with Crippen molar-refractivity contribution in [3.63, 3.8) is 0 Å². The summed E-state index contributed by atoms with van der Waals surface area (Å²) in [5.74, 6) is 0.867. The number of benzene rings is 1. The number of amides is 1. The van der Waals surface area contributed by atoms with Gasteiger partial charge in [-0.2, -0.15) is 5.10 Å². The summed E-state index contributed by atoms with van der Waals surface area (Å²) in [6.45, 7) is 4.16. The van der Waals surface area contributed by atoms with E-state index >= 15 is 0 Å². The first-order valence-corrected chi connectivity index (χ1v) is 8.38. The Hall–Kier alpha value is -2.48. The molecular weight excluding hydrogens is 330 g/mol. The van der Waals surface area contributed by atoms with Crippen molar-refractivity contribution in [1.82, 2.24) is 4.90 Å². The van der Waals surface area contributed by atoms with Gasteiger partial charge in [-0.1, -0.05) is 11.8 Å². The smallest absolute Gasteiger partial charge is 0.239 e. The summed E-state index contributed by atoms with van der Waals surface area (Å²) in [5.41, 5.74) is 1.46. The van der Waals surface area contributed by atoms with E-state index in [9.17, 15) is 9.90 Å². The molecule has 3 rings (SSSR count). The fourth-order valence-electron chi connectivity index (χ4n) is 2.58. The lowest BCUT2D eigenvalue weighted by Crippen LogP contribution is -2.28. The summed E-state index contributed by atoms with van der Waals surface area (Å²) in [4.78, 5) is 13.3. The molecule has 1 saturated heterocycles. The molecule has 0 radical (unpaired) electrons. The van der Waals surface area contributed by atoms with Crippen molar-refractivity contribution in [2.75, 3.05) is 19.4 Å². The number of carbonyl (C=O) groups is 1. The van der Waals surface area contributed by atoms with Crippen LogP contribution < -0.4 is 4.74 Å². The molecule has 1 fully saturated rings. The van der Waals surface area contributed by atoms with E-state index in [0.717, 1.165) is 5.39 Å². The Morgan fingerprint density at radius 2 is 2.33 bits per heavy atom. The van der Waals surface area contributed by atoms with E-state index in [4.69, 9.17) is 9.15 Å². The molecule has 126 valence electrons. The monoisotopic (exact) mass is 347 g/mol. The fourth-order valence-corrected chi connectivity index (χ4v) is 3.47. The van der Waals surface area contributed by atoms with Crippen LogP contribution in [-0.2, 0) is 4.79 Å². The SMILES string of the molecule is CCN1C(=O)CS/C1=N\N=C(/C)c1c(O)cc2occc2c1OC. The summed E-state index contributed by atoms with van der Waals surface area (Å²) in [7, 11) is 1.52. The average molecular weight is 347 g/mol. The molecule has 0 unspecified atom stereocenters. The van der Waals surface area contributed by atoms with E-state index in [1.165, 1.54) is 31.2 Å². The van der Waals surface area contributed by atoms with Crippen LogP contribution in [0.25, 0.3) is 11.0 Å². The van der Waals surface area contributed by atoms with Crippen molar-refractivity contribution in [2.24, 2.45) is 10.2 Å². The van der Waals surface area contributed by atoms with Crippen LogP contribution in [0, 0.1) is 0 Å². The molecule has 8 heteroatoms. The lowest BCUT2D eigenvalue weighted by molar-refractivity contribution is -0.123. The lowest BCUT2D eigenvalue weighted by Gasteiger charge is -2.12. The van der Waals surface area contributed by atoms with Crippen LogP contribution in [0.4, 0.5) is 0 Å². The Morgan fingerprint density at radius 3 is 3.04 bits per heavy atom. The van der Waals surface area contributed by atoms with Crippen molar-refractivity contribution in [3.8, 4) is 11.5 Å². The topological polar surface area (TPSA) is 87.6 Å². The van der Waals surface area contributed by atoms with Crippen LogP contribution >= 0.6 is 11.8 Å². The molecule has 7 nitrogen and oxygen atoms in total. The number of phenolic OH excluding ortho intramolecular Hbond substituents is 1. The number of methoxy groups -OCH3 is 1. The Labute approximate surface area is 143 Å². The summed E-state index contributed by atoms with van der Waals surface area (Å²) in [6, 6.07) is 3.28. The highest BCUT2D eigenvalue weighted by molar-refractivity contribution is 8.15. The van der Waals surface area contributed by atoms with Crippen molar-refractivity contribution >= 4 is 39.5 Å². The van der Waals surface area contributed by atoms with Crippen LogP contribution in [0.5, 0.6) is 11.5 Å². The number of hydrogen-bond donors (Lipinski definition) is 1. The third-order valence-corrected chi connectivity index (χ3v) is 4.67. The van der Waals surface area contributed by atoms with Crippen LogP contribution in [0.3, 0.4) is 0 Å². The van der Waals surface area contributed by atoms with Crippen LogP contribution in [0.2, 0.25) is 0 Å². The Balaban J connectivity index is 2.03. The van der Waals surface area contributed by atoms with Crippen LogP contribution in [0.1, 0.15) is 19.4 Å². The summed E-state index contributed by atoms with van der Waals surface area (Å²) in [5, 5.41) is 20.0. The number of ether oxygens (including phenoxy) is 1. The predicted molar refractivity (Wildman–Crippen MR) is 93.9 cm³/mol. The Bertz CT molecular complexity index is 856. The number of nitrogens with zero attached hydrogens (tertiary/aromatic N) is 3. The van der Waals surface area contributed by atoms with Gasteiger partial charge in [-0.15, -0.1) is 5.10 Å². The Kier molecular flexibility index (Phi) is 4.48. The first-order valence-electron chi connectivity index (χ1n) is 7.39. The lowest BCUT2D eigenvalue weighted by atomic mass is 10.1. The zero-order valence-corrected chi connectivity index (χ0v) is 14.4. The minimum atomic E-state index is -0.00162. The highest BCUT2D eigenvalue weighted by atomic mass is 32.2. The van der Waals surface area contributed by atoms with Gasteiger partial charge in [0.1, 0.15) is 17.1 Å². The number of thioether (sulfide) groups is 1. The van der Waals surface area contributed by atoms with E-state index in [2.05, 4.69) is 10.2 Å². The molecule has 1 aromatic carbocycles. The molecule has 1 N–H and O–H groups in total. The highest BCUT2D eigenvalue weighted by Crippen LogP contribution is 2.37. The summed E-state index contributed by atoms with van der Waals surface area (Å²) < 4.78 is 10.7. The molecule has 0 atom stereocenters. The predicted octanol–water partition coefficient (Wildman–Crippen LogP) is 2.82. The van der Waals surface area contributed by atoms with Gasteiger partial charge >= 0.3 is 0 Å². The molecule has 0 bridgehead atoms. The van der Waals surface area contributed by atoms with Gasteiger partial charge in [-0.25, -0.2) is 0 Å². The minimum Gasteiger partial charge on any atom is -0.507 e. The maximum Gasteiger partial charge on any atom is 0.239 e. The molecule has 24 heavy (non-hydrogen) atoms. The summed E-state index contributed by atoms with van der Waals surface area (Å²) >= 11 is 1.35. The second kappa shape index (κ2) is 6.56. The number of carbonyl (C=O) groups excluding carboxylic acids is 1. The second-order valence-corrected chi connectivity index (χ2v) is 6.07. The molecule has 1 aromatic heterocycles. The number of hydrogen-bond acceptors (Lipinski definition) is 7. The Morgan fingerprint density at radius 1 is 1.54 bits per heavy atom. The normalized spacial score (nSPS) is 17.3. The molecule has 0 spiro atoms. The highest BCUT2D eigenvalue weighted by Gasteiger charge is 2.27. The molecule has 0 aliphatic carbocycles. The van der Waals surface area contributed by atoms with E-state index in [1.54, 1.807) is 17.9 Å². The van der Waals surface area contributed by atoms with Crippen molar-refractivity contribution in [2.45, 2.75) is 13.8 Å². The zero-order chi connectivity index (χ0) is 17.3. The molecule has 2 aromatic rings. The molecule has 0 saturated carbocycles. The zero-order valence-electron chi connectivity index (χ0n) is 13.6. The van der Waals surface area contributed by atoms with Gasteiger partial charge in [-0.3, -0.25) is 9.69 Å². The van der Waals surface area contributed by atoms with Gasteiger partial charge in [0.2, 0.25) is 5.91 Å². The van der Waals surface area contributed by atoms with Gasteiger partial charge in [-0.05, 0) is 19.9 Å². The van der Waals surface area contributed by atoms with Gasteiger partial charge in [0, 0.05) is 12.6 Å². The number of aromatic hydroxyl groups is 1. The fraction of sp³-hybridized carbons (Fsp3) is 0.312. The van der Waals surface area contributed by atoms with E-state index in [1.807, 2.05) is 6.92 Å². The van der Waals surface area contributed by atoms with Crippen molar-refractivity contribution < 1.29 is 19.1 Å². The number of rotatable bonds is 4. The van der Waals surface area contributed by atoms with Gasteiger partial charge in [0.05, 0.1) is 35.8 Å². The molecule has 1 aliphatic rings. The van der Waals surface area contributed by atoms with Gasteiger partial charge in [0.15, 0.2) is 5.17 Å². The van der Waals surface area contributed by atoms with Crippen molar-refractivity contribution in [3.05, 3.63) is 24.0 Å². The first kappa shape index (κ1) is 16.4. The molecule has 1 amide bonds. The second-order valence-electron chi connectivity index (χ2n) is 5.13. The third kappa shape index (κ3) is 2.73. The minimum absolute atomic E-state index is 0.00162. The standard InChI is InChI=1S/C16H17N3O4S/c1-4-19-13(21)8-24-16(19)18-17-9(2)14-11(20)7-12-10(5-6-23-12)15(14)22-3/h5-7,20H,4,8H2,1-3H3/b17-9+,18-16-. The largest absolute Gasteiger partial charge is 0.507 e. The molecule has 1 aliphatic heterocycles. The number of fused-ring (bicyclic) bond motifs is 1. The van der Waals surface area contributed by atoms with Gasteiger partial charge in [0.25, 0.3) is 0 Å². The van der Waals surface area contributed by atoms with E-state index in [-0.39, 0.29) is 11.7 Å². The van der Waals surface area contributed by atoms with Crippen LogP contribution in [-0.4, -0.2) is 46.2 Å². The maximum absolute atomic E-state index is 11.7. The number of furan rings is 1. The third-order valence-electron chi connectivity index (χ3n) is 3.72. The van der Waals surface area contributed by atoms with Crippen LogP contribution in [0.15, 0.2) is 33.0 Å². The summed E-state index contributed by atoms with van der Waals surface area (Å²) in [6.07, 6.45) is 1.53. The number of amidine groups is 1.